The molecule has 218 valence electrons. The van der Waals surface area contributed by atoms with Crippen LogP contribution in [0.1, 0.15) is 18.4 Å². The van der Waals surface area contributed by atoms with Crippen LogP contribution < -0.4 is 15.8 Å². The van der Waals surface area contributed by atoms with Crippen LogP contribution in [-0.4, -0.2) is 39.2 Å². The van der Waals surface area contributed by atoms with Crippen molar-refractivity contribution in [1.29, 1.82) is 0 Å². The highest BCUT2D eigenvalue weighted by Crippen LogP contribution is 2.30. The number of amides is 2. The second-order valence-electron chi connectivity index (χ2n) is 9.86. The molecule has 2 aromatic heterocycles. The number of hydrogen-bond donors (Lipinski definition) is 2. The molecule has 2 amide bonds. The molecule has 5 rings (SSSR count). The van der Waals surface area contributed by atoms with Gasteiger partial charge in [0.15, 0.2) is 0 Å². The van der Waals surface area contributed by atoms with Gasteiger partial charge in [-0.1, -0.05) is 77.8 Å². The molecule has 0 bridgehead atoms. The maximum Gasteiger partial charge on any atom is 0.240 e. The summed E-state index contributed by atoms with van der Waals surface area (Å²) in [4.78, 5) is 29.0. The molecular formula is C33H29Cl2N5O3. The van der Waals surface area contributed by atoms with Gasteiger partial charge in [0.05, 0.1) is 28.0 Å². The molecular weight excluding hydrogens is 585 g/mol. The lowest BCUT2D eigenvalue weighted by atomic mass is 10.0. The molecule has 10 heteroatoms. The predicted octanol–water partition coefficient (Wildman–Crippen LogP) is 6.28. The number of carbonyl (C=O) groups is 2. The number of halogens is 2. The molecule has 1 atom stereocenters. The van der Waals surface area contributed by atoms with Crippen molar-refractivity contribution in [2.75, 3.05) is 6.61 Å². The van der Waals surface area contributed by atoms with E-state index in [9.17, 15) is 9.59 Å². The number of aromatic nitrogens is 3. The fourth-order valence-electron chi connectivity index (χ4n) is 4.52. The number of pyridine rings is 1. The summed E-state index contributed by atoms with van der Waals surface area (Å²) in [6.07, 6.45) is 4.24. The maximum atomic E-state index is 12.7. The van der Waals surface area contributed by atoms with Crippen molar-refractivity contribution in [3.63, 3.8) is 0 Å². The zero-order valence-corrected chi connectivity index (χ0v) is 24.6. The number of hydrogen-bond acceptors (Lipinski definition) is 5. The topological polar surface area (TPSA) is 112 Å². The Kier molecular flexibility index (Phi) is 9.71. The van der Waals surface area contributed by atoms with E-state index in [2.05, 4.69) is 15.4 Å². The van der Waals surface area contributed by atoms with E-state index in [1.807, 2.05) is 66.7 Å². The Balaban J connectivity index is 1.18. The monoisotopic (exact) mass is 613 g/mol. The van der Waals surface area contributed by atoms with E-state index < -0.39 is 11.9 Å². The smallest absolute Gasteiger partial charge is 0.240 e. The van der Waals surface area contributed by atoms with Gasteiger partial charge < -0.3 is 15.8 Å². The predicted molar refractivity (Wildman–Crippen MR) is 168 cm³/mol. The highest BCUT2D eigenvalue weighted by molar-refractivity contribution is 6.42. The molecule has 2 heterocycles. The van der Waals surface area contributed by atoms with Gasteiger partial charge in [0.2, 0.25) is 17.7 Å². The Bertz CT molecular complexity index is 1690. The Morgan fingerprint density at radius 2 is 1.63 bits per heavy atom. The second-order valence-corrected chi connectivity index (χ2v) is 10.7. The van der Waals surface area contributed by atoms with Crippen LogP contribution in [-0.2, 0) is 16.0 Å². The number of rotatable bonds is 12. The lowest BCUT2D eigenvalue weighted by Crippen LogP contribution is -2.45. The lowest BCUT2D eigenvalue weighted by Gasteiger charge is -2.16. The van der Waals surface area contributed by atoms with Gasteiger partial charge in [0.25, 0.3) is 0 Å². The molecule has 0 aliphatic heterocycles. The summed E-state index contributed by atoms with van der Waals surface area (Å²) in [5.41, 5.74) is 10.8. The van der Waals surface area contributed by atoms with E-state index >= 15 is 0 Å². The number of benzene rings is 3. The molecule has 0 aliphatic rings. The van der Waals surface area contributed by atoms with Gasteiger partial charge in [-0.3, -0.25) is 14.6 Å². The summed E-state index contributed by atoms with van der Waals surface area (Å²) in [7, 11) is 0. The summed E-state index contributed by atoms with van der Waals surface area (Å²) in [6.45, 7) is 0.231. The third-order valence-electron chi connectivity index (χ3n) is 6.76. The molecule has 0 spiro atoms. The third-order valence-corrected chi connectivity index (χ3v) is 7.50. The fourth-order valence-corrected chi connectivity index (χ4v) is 4.81. The molecule has 0 aliphatic carbocycles. The molecule has 0 fully saturated rings. The van der Waals surface area contributed by atoms with E-state index in [0.717, 1.165) is 22.3 Å². The fraction of sp³-hybridized carbons (Fsp3) is 0.152. The summed E-state index contributed by atoms with van der Waals surface area (Å²) in [5, 5.41) is 8.25. The van der Waals surface area contributed by atoms with Crippen molar-refractivity contribution >= 4 is 35.0 Å². The van der Waals surface area contributed by atoms with E-state index in [-0.39, 0.29) is 18.9 Å². The molecule has 0 unspecified atom stereocenters. The molecule has 3 aromatic carbocycles. The molecule has 8 nitrogen and oxygen atoms in total. The van der Waals surface area contributed by atoms with Crippen molar-refractivity contribution in [3.05, 3.63) is 119 Å². The Morgan fingerprint density at radius 1 is 0.884 bits per heavy atom. The lowest BCUT2D eigenvalue weighted by molar-refractivity contribution is -0.127. The number of nitrogens with zero attached hydrogens (tertiary/aromatic N) is 3. The molecule has 0 radical (unpaired) electrons. The van der Waals surface area contributed by atoms with E-state index in [4.69, 9.17) is 33.7 Å². The standard InChI is InChI=1S/C33H29Cl2N5O3/c34-27-15-14-26(19-28(27)35)40-32(20-29(39-40)25-8-4-16-37-21-25)43-17-5-9-31(41)38-30(33(36)42)18-22-10-12-24(13-11-22)23-6-2-1-3-7-23/h1-4,6-8,10-16,19-21,30H,5,9,17-18H2,(H2,36,42)(H,38,41)/t30-/m0/s1. The first-order chi connectivity index (χ1) is 20.9. The number of nitrogens with one attached hydrogen (secondary N) is 1. The van der Waals surface area contributed by atoms with Crippen LogP contribution in [0, 0.1) is 0 Å². The number of carbonyl (C=O) groups excluding carboxylic acids is 2. The van der Waals surface area contributed by atoms with Gasteiger partial charge >= 0.3 is 0 Å². The van der Waals surface area contributed by atoms with Crippen LogP contribution in [0.4, 0.5) is 0 Å². The van der Waals surface area contributed by atoms with Crippen molar-refractivity contribution in [3.8, 4) is 34.0 Å². The Morgan fingerprint density at radius 3 is 2.33 bits per heavy atom. The summed E-state index contributed by atoms with van der Waals surface area (Å²) < 4.78 is 7.66. The van der Waals surface area contributed by atoms with Crippen LogP contribution in [0.2, 0.25) is 10.0 Å². The minimum atomic E-state index is -0.825. The molecule has 0 saturated heterocycles. The SMILES string of the molecule is NC(=O)[C@H](Cc1ccc(-c2ccccc2)cc1)NC(=O)CCCOc1cc(-c2cccnc2)nn1-c1ccc(Cl)c(Cl)c1. The van der Waals surface area contributed by atoms with Crippen LogP contribution in [0.3, 0.4) is 0 Å². The summed E-state index contributed by atoms with van der Waals surface area (Å²) >= 11 is 12.4. The Hall–Kier alpha value is -4.66. The maximum absolute atomic E-state index is 12.7. The van der Waals surface area contributed by atoms with Gasteiger partial charge in [-0.15, -0.1) is 0 Å². The zero-order chi connectivity index (χ0) is 30.2. The minimum Gasteiger partial charge on any atom is -0.478 e. The van der Waals surface area contributed by atoms with Crippen molar-refractivity contribution in [1.82, 2.24) is 20.1 Å². The first kappa shape index (κ1) is 29.8. The van der Waals surface area contributed by atoms with Crippen LogP contribution in [0.15, 0.2) is 103 Å². The average Bonchev–Trinajstić information content (AvgIpc) is 3.46. The first-order valence-electron chi connectivity index (χ1n) is 13.7. The molecule has 0 saturated carbocycles. The van der Waals surface area contributed by atoms with Gasteiger partial charge in [0, 0.05) is 36.9 Å². The van der Waals surface area contributed by atoms with Crippen molar-refractivity contribution in [2.24, 2.45) is 5.73 Å². The highest BCUT2D eigenvalue weighted by atomic mass is 35.5. The van der Waals surface area contributed by atoms with Gasteiger partial charge in [-0.25, -0.2) is 4.68 Å². The summed E-state index contributed by atoms with van der Waals surface area (Å²) in [5.74, 6) is -0.417. The second kappa shape index (κ2) is 14.0. The van der Waals surface area contributed by atoms with Crippen LogP contribution >= 0.6 is 23.2 Å². The third kappa shape index (κ3) is 7.80. The van der Waals surface area contributed by atoms with Crippen molar-refractivity contribution < 1.29 is 14.3 Å². The quantitative estimate of drug-likeness (QED) is 0.161. The van der Waals surface area contributed by atoms with E-state index in [1.54, 1.807) is 41.3 Å². The number of ether oxygens (including phenoxy) is 1. The molecule has 43 heavy (non-hydrogen) atoms. The molecule has 3 N–H and O–H groups in total. The van der Waals surface area contributed by atoms with Gasteiger partial charge in [-0.05, 0) is 53.4 Å². The zero-order valence-electron chi connectivity index (χ0n) is 23.1. The van der Waals surface area contributed by atoms with Crippen LogP contribution in [0.25, 0.3) is 28.1 Å². The Labute approximate surface area is 259 Å². The molecule has 5 aromatic rings. The normalized spacial score (nSPS) is 11.6. The van der Waals surface area contributed by atoms with Gasteiger partial charge in [-0.2, -0.15) is 5.10 Å². The number of nitrogens with two attached hydrogens (primary N) is 1. The van der Waals surface area contributed by atoms with E-state index in [1.165, 1.54) is 0 Å². The van der Waals surface area contributed by atoms with Crippen molar-refractivity contribution in [2.45, 2.75) is 25.3 Å². The van der Waals surface area contributed by atoms with Gasteiger partial charge in [0.1, 0.15) is 6.04 Å². The minimum absolute atomic E-state index is 0.146. The largest absolute Gasteiger partial charge is 0.478 e. The first-order valence-corrected chi connectivity index (χ1v) is 14.4. The number of primary amides is 1. The van der Waals surface area contributed by atoms with E-state index in [0.29, 0.717) is 40.1 Å². The average molecular weight is 615 g/mol. The summed E-state index contributed by atoms with van der Waals surface area (Å²) in [6, 6.07) is 27.7. The highest BCUT2D eigenvalue weighted by Gasteiger charge is 2.19. The van der Waals surface area contributed by atoms with Crippen LogP contribution in [0.5, 0.6) is 5.88 Å².